The van der Waals surface area contributed by atoms with E-state index >= 15 is 0 Å². The molecule has 0 saturated carbocycles. The summed E-state index contributed by atoms with van der Waals surface area (Å²) in [4.78, 5) is 4.05. The Kier molecular flexibility index (Phi) is 3.26. The predicted octanol–water partition coefficient (Wildman–Crippen LogP) is 2.05. The molecule has 0 aliphatic heterocycles. The van der Waals surface area contributed by atoms with Gasteiger partial charge in [0.15, 0.2) is 4.73 Å². The van der Waals surface area contributed by atoms with Gasteiger partial charge in [-0.15, -0.1) is 0 Å². The van der Waals surface area contributed by atoms with Gasteiger partial charge >= 0.3 is 0 Å². The number of nitrogens with zero attached hydrogens (tertiary/aromatic N) is 2. The second-order valence-corrected chi connectivity index (χ2v) is 4.22. The summed E-state index contributed by atoms with van der Waals surface area (Å²) in [6.45, 7) is 0.568. The Morgan fingerprint density at radius 3 is 2.81 bits per heavy atom. The van der Waals surface area contributed by atoms with E-state index in [4.69, 9.17) is 5.73 Å². The van der Waals surface area contributed by atoms with Crippen molar-refractivity contribution in [1.82, 2.24) is 9.55 Å². The molecule has 0 fully saturated rings. The molecule has 0 radical (unpaired) electrons. The van der Waals surface area contributed by atoms with Gasteiger partial charge in [-0.05, 0) is 22.0 Å². The smallest absolute Gasteiger partial charge is 0.177 e. The zero-order valence-electron chi connectivity index (χ0n) is 8.55. The molecule has 1 heterocycles. The average molecular weight is 282 g/mol. The van der Waals surface area contributed by atoms with Crippen molar-refractivity contribution in [3.05, 3.63) is 47.0 Å². The van der Waals surface area contributed by atoms with Gasteiger partial charge in [-0.2, -0.15) is 0 Å². The Labute approximate surface area is 102 Å². The highest BCUT2D eigenvalue weighted by atomic mass is 79.9. The number of hydrogen-bond acceptors (Lipinski definition) is 3. The fourth-order valence-electron chi connectivity index (χ4n) is 1.56. The first kappa shape index (κ1) is 11.2. The monoisotopic (exact) mass is 281 g/mol. The number of imidazole rings is 1. The molecule has 0 aliphatic carbocycles. The summed E-state index contributed by atoms with van der Waals surface area (Å²) in [5.41, 5.74) is 6.77. The van der Waals surface area contributed by atoms with Crippen LogP contribution in [0.15, 0.2) is 41.4 Å². The summed E-state index contributed by atoms with van der Waals surface area (Å²) >= 11 is 3.32. The highest BCUT2D eigenvalue weighted by molar-refractivity contribution is 9.10. The predicted molar refractivity (Wildman–Crippen MR) is 65.0 cm³/mol. The van der Waals surface area contributed by atoms with E-state index in [1.807, 2.05) is 22.9 Å². The summed E-state index contributed by atoms with van der Waals surface area (Å²) in [5, 5.41) is 9.66. The van der Waals surface area contributed by atoms with E-state index < -0.39 is 0 Å². The average Bonchev–Trinajstić information content (AvgIpc) is 2.65. The molecular weight excluding hydrogens is 270 g/mol. The highest BCUT2D eigenvalue weighted by Crippen LogP contribution is 2.23. The second kappa shape index (κ2) is 4.67. The fourth-order valence-corrected chi connectivity index (χ4v) is 1.94. The Morgan fingerprint density at radius 2 is 2.19 bits per heavy atom. The van der Waals surface area contributed by atoms with Crippen molar-refractivity contribution < 1.29 is 5.11 Å². The van der Waals surface area contributed by atoms with Crippen LogP contribution >= 0.6 is 15.9 Å². The van der Waals surface area contributed by atoms with Crippen molar-refractivity contribution in [2.45, 2.75) is 12.6 Å². The van der Waals surface area contributed by atoms with Crippen LogP contribution in [0.2, 0.25) is 0 Å². The number of halogens is 1. The molecule has 16 heavy (non-hydrogen) atoms. The van der Waals surface area contributed by atoms with E-state index in [0.29, 0.717) is 6.54 Å². The normalized spacial score (nSPS) is 12.6. The van der Waals surface area contributed by atoms with E-state index in [-0.39, 0.29) is 11.8 Å². The minimum atomic E-state index is -0.258. The Bertz CT molecular complexity index is 484. The molecular formula is C11H12BrN3O. The Balaban J connectivity index is 2.18. The van der Waals surface area contributed by atoms with E-state index in [2.05, 4.69) is 20.9 Å². The number of phenols is 1. The SMILES string of the molecule is NC(Cn1ccnc1Br)c1ccccc1O. The lowest BCUT2D eigenvalue weighted by Crippen LogP contribution is -2.17. The molecule has 0 bridgehead atoms. The van der Waals surface area contributed by atoms with E-state index in [1.165, 1.54) is 0 Å². The zero-order valence-corrected chi connectivity index (χ0v) is 10.1. The molecule has 2 rings (SSSR count). The van der Waals surface area contributed by atoms with Gasteiger partial charge in [-0.3, -0.25) is 0 Å². The van der Waals surface area contributed by atoms with E-state index in [9.17, 15) is 5.11 Å². The third kappa shape index (κ3) is 2.25. The highest BCUT2D eigenvalue weighted by Gasteiger charge is 2.11. The summed E-state index contributed by atoms with van der Waals surface area (Å²) in [6.07, 6.45) is 3.53. The summed E-state index contributed by atoms with van der Waals surface area (Å²) in [7, 11) is 0. The van der Waals surface area contributed by atoms with Crippen LogP contribution in [0.3, 0.4) is 0 Å². The van der Waals surface area contributed by atoms with E-state index in [1.54, 1.807) is 18.3 Å². The van der Waals surface area contributed by atoms with Crippen molar-refractivity contribution in [1.29, 1.82) is 0 Å². The molecule has 0 spiro atoms. The summed E-state index contributed by atoms with van der Waals surface area (Å²) in [6, 6.07) is 6.84. The van der Waals surface area contributed by atoms with Crippen molar-refractivity contribution >= 4 is 15.9 Å². The van der Waals surface area contributed by atoms with Crippen LogP contribution in [0.1, 0.15) is 11.6 Å². The number of para-hydroxylation sites is 1. The Morgan fingerprint density at radius 1 is 1.44 bits per heavy atom. The van der Waals surface area contributed by atoms with Gasteiger partial charge in [0.25, 0.3) is 0 Å². The minimum Gasteiger partial charge on any atom is -0.508 e. The van der Waals surface area contributed by atoms with Crippen LogP contribution in [0.25, 0.3) is 0 Å². The zero-order chi connectivity index (χ0) is 11.5. The first-order valence-electron chi connectivity index (χ1n) is 4.88. The van der Waals surface area contributed by atoms with Crippen LogP contribution in [-0.4, -0.2) is 14.7 Å². The maximum absolute atomic E-state index is 9.66. The largest absolute Gasteiger partial charge is 0.508 e. The molecule has 1 aromatic carbocycles. The minimum absolute atomic E-state index is 0.228. The topological polar surface area (TPSA) is 64.1 Å². The maximum Gasteiger partial charge on any atom is 0.177 e. The van der Waals surface area contributed by atoms with Crippen molar-refractivity contribution in [2.24, 2.45) is 5.73 Å². The van der Waals surface area contributed by atoms with Gasteiger partial charge < -0.3 is 15.4 Å². The van der Waals surface area contributed by atoms with Crippen molar-refractivity contribution in [3.8, 4) is 5.75 Å². The summed E-state index contributed by atoms with van der Waals surface area (Å²) < 4.78 is 2.62. The van der Waals surface area contributed by atoms with Crippen molar-refractivity contribution in [3.63, 3.8) is 0 Å². The second-order valence-electron chi connectivity index (χ2n) is 3.51. The van der Waals surface area contributed by atoms with Crippen LogP contribution in [0, 0.1) is 0 Å². The van der Waals surface area contributed by atoms with Gasteiger partial charge in [-0.1, -0.05) is 18.2 Å². The summed E-state index contributed by atoms with van der Waals surface area (Å²) in [5.74, 6) is 0.228. The number of aromatic hydroxyl groups is 1. The first-order chi connectivity index (χ1) is 7.68. The number of nitrogens with two attached hydrogens (primary N) is 1. The molecule has 3 N–H and O–H groups in total. The lowest BCUT2D eigenvalue weighted by molar-refractivity contribution is 0.453. The maximum atomic E-state index is 9.66. The molecule has 0 saturated heterocycles. The van der Waals surface area contributed by atoms with Gasteiger partial charge in [0.2, 0.25) is 0 Å². The third-order valence-electron chi connectivity index (χ3n) is 2.39. The van der Waals surface area contributed by atoms with E-state index in [0.717, 1.165) is 10.3 Å². The van der Waals surface area contributed by atoms with Gasteiger partial charge in [0.1, 0.15) is 5.75 Å². The number of hydrogen-bond donors (Lipinski definition) is 2. The molecule has 5 heteroatoms. The number of benzene rings is 1. The lowest BCUT2D eigenvalue weighted by atomic mass is 10.1. The van der Waals surface area contributed by atoms with Gasteiger partial charge in [-0.25, -0.2) is 4.98 Å². The van der Waals surface area contributed by atoms with Gasteiger partial charge in [0, 0.05) is 24.5 Å². The number of phenolic OH excluding ortho intramolecular Hbond substituents is 1. The van der Waals surface area contributed by atoms with Gasteiger partial charge in [0.05, 0.1) is 6.04 Å². The Hall–Kier alpha value is -1.33. The van der Waals surface area contributed by atoms with Crippen LogP contribution in [0.5, 0.6) is 5.75 Å². The number of rotatable bonds is 3. The fraction of sp³-hybridized carbons (Fsp3) is 0.182. The third-order valence-corrected chi connectivity index (χ3v) is 3.05. The van der Waals surface area contributed by atoms with Crippen LogP contribution < -0.4 is 5.73 Å². The molecule has 0 aliphatic rings. The molecule has 84 valence electrons. The quantitative estimate of drug-likeness (QED) is 0.905. The van der Waals surface area contributed by atoms with Crippen molar-refractivity contribution in [2.75, 3.05) is 0 Å². The standard InChI is InChI=1S/C11H12BrN3O/c12-11-14-5-6-15(11)7-9(13)8-3-1-2-4-10(8)16/h1-6,9,16H,7,13H2. The molecule has 0 amide bonds. The number of aromatic nitrogens is 2. The molecule has 1 aromatic heterocycles. The molecule has 2 aromatic rings. The lowest BCUT2D eigenvalue weighted by Gasteiger charge is -2.14. The first-order valence-corrected chi connectivity index (χ1v) is 5.68. The molecule has 4 nitrogen and oxygen atoms in total. The van der Waals surface area contributed by atoms with Crippen LogP contribution in [0.4, 0.5) is 0 Å². The molecule has 1 atom stereocenters. The van der Waals surface area contributed by atoms with Crippen LogP contribution in [-0.2, 0) is 6.54 Å². The molecule has 1 unspecified atom stereocenters.